The summed E-state index contributed by atoms with van der Waals surface area (Å²) >= 11 is 3.96. The van der Waals surface area contributed by atoms with Gasteiger partial charge in [-0.15, -0.1) is 0 Å². The third-order valence-corrected chi connectivity index (χ3v) is 7.25. The van der Waals surface area contributed by atoms with Gasteiger partial charge in [-0.2, -0.15) is 12.6 Å². The summed E-state index contributed by atoms with van der Waals surface area (Å²) < 4.78 is 0. The van der Waals surface area contributed by atoms with Crippen LogP contribution in [-0.2, 0) is 24.0 Å². The summed E-state index contributed by atoms with van der Waals surface area (Å²) in [6.45, 7) is 1.33. The van der Waals surface area contributed by atoms with Crippen molar-refractivity contribution in [1.82, 2.24) is 26.2 Å². The van der Waals surface area contributed by atoms with E-state index in [0.29, 0.717) is 5.75 Å². The molecule has 0 radical (unpaired) electrons. The Labute approximate surface area is 222 Å². The summed E-state index contributed by atoms with van der Waals surface area (Å²) in [5.74, 6) is -1.81. The van der Waals surface area contributed by atoms with Gasteiger partial charge in [-0.25, -0.2) is 0 Å². The van der Waals surface area contributed by atoms with Gasteiger partial charge in [0.1, 0.15) is 12.1 Å². The molecule has 0 aromatic carbocycles. The first-order chi connectivity index (χ1) is 17.1. The van der Waals surface area contributed by atoms with Crippen LogP contribution in [0.25, 0.3) is 0 Å². The van der Waals surface area contributed by atoms with Crippen molar-refractivity contribution >= 4 is 69.8 Å². The van der Waals surface area contributed by atoms with Crippen molar-refractivity contribution in [3.63, 3.8) is 0 Å². The number of nitrogens with one attached hydrogen (secondary N) is 4. The second-order valence-corrected chi connectivity index (χ2v) is 10.7. The number of hydrogen-bond donors (Lipinski definition) is 8. The van der Waals surface area contributed by atoms with Crippen LogP contribution in [0.2, 0.25) is 0 Å². The summed E-state index contributed by atoms with van der Waals surface area (Å²) in [6, 6.07) is -2.34. The molecular formula is C19H34N8O6S3. The Morgan fingerprint density at radius 3 is 2.17 bits per heavy atom. The number of nitrogens with two attached hydrogens (primary N) is 2. The minimum Gasteiger partial charge on any atom is -0.481 e. The molecule has 9 N–H and O–H groups in total. The molecule has 1 saturated heterocycles. The van der Waals surface area contributed by atoms with E-state index in [4.69, 9.17) is 16.6 Å². The number of thiol groups is 1. The molecule has 4 amide bonds. The molecule has 1 aliphatic rings. The van der Waals surface area contributed by atoms with Crippen molar-refractivity contribution in [3.8, 4) is 0 Å². The van der Waals surface area contributed by atoms with E-state index < -0.39 is 48.7 Å². The quantitative estimate of drug-likeness (QED) is 0.0430. The lowest BCUT2D eigenvalue weighted by Crippen LogP contribution is -2.53. The predicted molar refractivity (Wildman–Crippen MR) is 143 cm³/mol. The lowest BCUT2D eigenvalue weighted by Gasteiger charge is -2.22. The van der Waals surface area contributed by atoms with E-state index in [9.17, 15) is 24.0 Å². The Balaban J connectivity index is 2.69. The maximum atomic E-state index is 12.7. The number of carbonyl (C=O) groups excluding carboxylic acids is 4. The molecule has 0 saturated carbocycles. The summed E-state index contributed by atoms with van der Waals surface area (Å²) in [4.78, 5) is 66.6. The van der Waals surface area contributed by atoms with Crippen LogP contribution in [0.15, 0.2) is 4.99 Å². The standard InChI is InChI=1S/C19H34N8O6S3/c20-19(21)23-2-1-12(25-15(29)11-27-4-7-35-36-8-5-27)17(32)24-10-14(28)26-13(9-16(30)31)18(33)22-3-6-34/h12-13,34H,1-11H2,(H,22,33)(H,24,32)(H,25,29)(H,26,28)(H,30,31)(H4,20,21,23)/t12-,13-/m0/s1. The fourth-order valence-electron chi connectivity index (χ4n) is 2.98. The molecule has 1 aliphatic heterocycles. The highest BCUT2D eigenvalue weighted by Crippen LogP contribution is 2.23. The van der Waals surface area contributed by atoms with Crippen molar-refractivity contribution in [2.45, 2.75) is 24.9 Å². The third kappa shape index (κ3) is 14.3. The van der Waals surface area contributed by atoms with Gasteiger partial charge in [-0.05, 0) is 6.42 Å². The maximum Gasteiger partial charge on any atom is 0.305 e. The van der Waals surface area contributed by atoms with Gasteiger partial charge < -0.3 is 37.8 Å². The smallest absolute Gasteiger partial charge is 0.305 e. The molecule has 1 rings (SSSR count). The van der Waals surface area contributed by atoms with Crippen molar-refractivity contribution in [2.24, 2.45) is 16.5 Å². The SMILES string of the molecule is NC(N)=NCC[C@H](NC(=O)CN1CCSSCC1)C(=O)NCC(=O)N[C@@H](CC(=O)O)C(=O)NCCS. The Kier molecular flexibility index (Phi) is 15.8. The molecule has 0 bridgehead atoms. The molecule has 0 spiro atoms. The molecular weight excluding hydrogens is 532 g/mol. The highest BCUT2D eigenvalue weighted by atomic mass is 33.1. The molecule has 0 aromatic rings. The van der Waals surface area contributed by atoms with E-state index in [2.05, 4.69) is 38.9 Å². The van der Waals surface area contributed by atoms with Crippen LogP contribution in [0.4, 0.5) is 0 Å². The molecule has 204 valence electrons. The van der Waals surface area contributed by atoms with Gasteiger partial charge in [0, 0.05) is 43.4 Å². The minimum atomic E-state index is -1.32. The number of carboxylic acid groups (broad SMARTS) is 1. The number of amides is 4. The lowest BCUT2D eigenvalue weighted by molar-refractivity contribution is -0.140. The van der Waals surface area contributed by atoms with Gasteiger partial charge in [-0.3, -0.25) is 33.9 Å². The third-order valence-electron chi connectivity index (χ3n) is 4.66. The first-order valence-electron chi connectivity index (χ1n) is 11.1. The highest BCUT2D eigenvalue weighted by Gasteiger charge is 2.25. The largest absolute Gasteiger partial charge is 0.481 e. The summed E-state index contributed by atoms with van der Waals surface area (Å²) in [7, 11) is 3.49. The molecule has 17 heteroatoms. The van der Waals surface area contributed by atoms with E-state index in [1.807, 2.05) is 4.90 Å². The fourth-order valence-corrected chi connectivity index (χ4v) is 5.14. The lowest BCUT2D eigenvalue weighted by atomic mass is 10.1. The molecule has 1 fully saturated rings. The zero-order valence-electron chi connectivity index (χ0n) is 19.7. The van der Waals surface area contributed by atoms with Crippen LogP contribution in [0.5, 0.6) is 0 Å². The van der Waals surface area contributed by atoms with Crippen LogP contribution < -0.4 is 32.7 Å². The number of nitrogens with zero attached hydrogens (tertiary/aromatic N) is 2. The first-order valence-corrected chi connectivity index (χ1v) is 14.2. The van der Waals surface area contributed by atoms with Crippen LogP contribution in [-0.4, -0.2) is 114 Å². The minimum absolute atomic E-state index is 0.0654. The first kappa shape index (κ1) is 31.7. The van der Waals surface area contributed by atoms with Gasteiger partial charge in [0.05, 0.1) is 19.5 Å². The predicted octanol–water partition coefficient (Wildman–Crippen LogP) is -3.05. The van der Waals surface area contributed by atoms with Crippen LogP contribution in [0, 0.1) is 0 Å². The Morgan fingerprint density at radius 2 is 1.58 bits per heavy atom. The topological polar surface area (TPSA) is 221 Å². The van der Waals surface area contributed by atoms with Gasteiger partial charge in [0.25, 0.3) is 0 Å². The fraction of sp³-hybridized carbons (Fsp3) is 0.684. The van der Waals surface area contributed by atoms with E-state index in [1.54, 1.807) is 21.6 Å². The van der Waals surface area contributed by atoms with Crippen molar-refractivity contribution in [1.29, 1.82) is 0 Å². The Bertz CT molecular complexity index is 791. The number of hydrogen-bond acceptors (Lipinski definition) is 10. The number of aliphatic imine (C=N–C) groups is 1. The van der Waals surface area contributed by atoms with E-state index in [0.717, 1.165) is 24.6 Å². The van der Waals surface area contributed by atoms with Gasteiger partial charge in [0.15, 0.2) is 5.96 Å². The molecule has 0 aromatic heterocycles. The second kappa shape index (κ2) is 18.0. The average Bonchev–Trinajstić information content (AvgIpc) is 3.07. The Morgan fingerprint density at radius 1 is 0.972 bits per heavy atom. The highest BCUT2D eigenvalue weighted by molar-refractivity contribution is 8.76. The zero-order valence-corrected chi connectivity index (χ0v) is 22.3. The van der Waals surface area contributed by atoms with E-state index in [1.165, 1.54) is 0 Å². The monoisotopic (exact) mass is 566 g/mol. The number of rotatable bonds is 15. The van der Waals surface area contributed by atoms with Gasteiger partial charge >= 0.3 is 5.97 Å². The summed E-state index contributed by atoms with van der Waals surface area (Å²) in [6.07, 6.45) is -0.556. The number of carboxylic acids is 1. The second-order valence-electron chi connectivity index (χ2n) is 7.59. The van der Waals surface area contributed by atoms with E-state index in [-0.39, 0.29) is 37.9 Å². The normalized spacial score (nSPS) is 15.5. The van der Waals surface area contributed by atoms with Gasteiger partial charge in [0.2, 0.25) is 23.6 Å². The number of carbonyl (C=O) groups is 5. The number of guanidine groups is 1. The summed E-state index contributed by atoms with van der Waals surface area (Å²) in [5.41, 5.74) is 10.7. The van der Waals surface area contributed by atoms with Crippen LogP contribution in [0.3, 0.4) is 0 Å². The van der Waals surface area contributed by atoms with Crippen molar-refractivity contribution in [3.05, 3.63) is 0 Å². The molecule has 36 heavy (non-hydrogen) atoms. The van der Waals surface area contributed by atoms with Crippen molar-refractivity contribution < 1.29 is 29.1 Å². The van der Waals surface area contributed by atoms with Crippen molar-refractivity contribution in [2.75, 3.05) is 56.5 Å². The van der Waals surface area contributed by atoms with Gasteiger partial charge in [-0.1, -0.05) is 21.6 Å². The average molecular weight is 567 g/mol. The summed E-state index contributed by atoms with van der Waals surface area (Å²) in [5, 5.41) is 18.8. The molecule has 2 atom stereocenters. The molecule has 0 aliphatic carbocycles. The zero-order chi connectivity index (χ0) is 26.9. The van der Waals surface area contributed by atoms with Crippen LogP contribution >= 0.6 is 34.2 Å². The molecule has 0 unspecified atom stereocenters. The maximum absolute atomic E-state index is 12.7. The number of aliphatic carboxylic acids is 1. The molecule has 14 nitrogen and oxygen atoms in total. The molecule has 1 heterocycles. The van der Waals surface area contributed by atoms with Crippen LogP contribution in [0.1, 0.15) is 12.8 Å². The Hall–Kier alpha value is -2.37. The van der Waals surface area contributed by atoms with E-state index >= 15 is 0 Å².